The van der Waals surface area contributed by atoms with Gasteiger partial charge >= 0.3 is 0 Å². The van der Waals surface area contributed by atoms with Crippen molar-refractivity contribution in [2.24, 2.45) is 7.05 Å². The van der Waals surface area contributed by atoms with E-state index < -0.39 is 0 Å². The minimum absolute atomic E-state index is 0.0764. The highest BCUT2D eigenvalue weighted by molar-refractivity contribution is 5.79. The molecule has 0 fully saturated rings. The minimum atomic E-state index is 0.0764. The molecule has 0 aliphatic heterocycles. The number of H-pyrrole nitrogens is 1. The van der Waals surface area contributed by atoms with Crippen LogP contribution >= 0.6 is 0 Å². The first-order valence-corrected chi connectivity index (χ1v) is 8.06. The van der Waals surface area contributed by atoms with E-state index in [1.54, 1.807) is 16.8 Å². The lowest BCUT2D eigenvalue weighted by Gasteiger charge is -2.27. The fourth-order valence-electron chi connectivity index (χ4n) is 3.53. The Morgan fingerprint density at radius 2 is 2.30 bits per heavy atom. The van der Waals surface area contributed by atoms with Crippen molar-refractivity contribution in [2.75, 3.05) is 0 Å². The molecule has 1 unspecified atom stereocenters. The van der Waals surface area contributed by atoms with Crippen molar-refractivity contribution in [3.05, 3.63) is 64.0 Å². The summed E-state index contributed by atoms with van der Waals surface area (Å²) in [7, 11) is 1.87. The Labute approximate surface area is 134 Å². The number of nitrogens with zero attached hydrogens (tertiary/aromatic N) is 2. The van der Waals surface area contributed by atoms with E-state index in [9.17, 15) is 4.79 Å². The zero-order valence-corrected chi connectivity index (χ0v) is 13.2. The van der Waals surface area contributed by atoms with Gasteiger partial charge in [0, 0.05) is 60.4 Å². The molecule has 23 heavy (non-hydrogen) atoms. The Morgan fingerprint density at radius 3 is 3.17 bits per heavy atom. The van der Waals surface area contributed by atoms with Crippen molar-refractivity contribution in [2.45, 2.75) is 31.8 Å². The summed E-state index contributed by atoms with van der Waals surface area (Å²) in [6.07, 6.45) is 6.87. The van der Waals surface area contributed by atoms with Crippen LogP contribution in [0.15, 0.2) is 41.5 Å². The summed E-state index contributed by atoms with van der Waals surface area (Å²) in [5.74, 6) is 0. The smallest absolute Gasteiger partial charge is 0.250 e. The molecule has 1 aliphatic rings. The maximum Gasteiger partial charge on any atom is 0.250 e. The largest absolute Gasteiger partial charge is 0.357 e. The third-order valence-electron chi connectivity index (χ3n) is 4.77. The van der Waals surface area contributed by atoms with Crippen molar-refractivity contribution < 1.29 is 0 Å². The van der Waals surface area contributed by atoms with Crippen molar-refractivity contribution in [3.63, 3.8) is 0 Å². The zero-order chi connectivity index (χ0) is 15.8. The molecule has 3 heterocycles. The topological polar surface area (TPSA) is 62.7 Å². The zero-order valence-electron chi connectivity index (χ0n) is 13.2. The molecular weight excluding hydrogens is 288 g/mol. The molecule has 3 aromatic heterocycles. The summed E-state index contributed by atoms with van der Waals surface area (Å²) in [5, 5.41) is 4.77. The van der Waals surface area contributed by atoms with E-state index in [1.807, 2.05) is 25.4 Å². The van der Waals surface area contributed by atoms with Gasteiger partial charge in [0.1, 0.15) is 0 Å². The van der Waals surface area contributed by atoms with Crippen LogP contribution in [0, 0.1) is 0 Å². The van der Waals surface area contributed by atoms with Crippen molar-refractivity contribution >= 4 is 10.9 Å². The normalized spacial score (nSPS) is 17.3. The number of aromatic amines is 1. The molecule has 0 aromatic carbocycles. The molecule has 3 aromatic rings. The third kappa shape index (κ3) is 2.57. The van der Waals surface area contributed by atoms with Gasteiger partial charge in [-0.05, 0) is 37.0 Å². The van der Waals surface area contributed by atoms with E-state index in [4.69, 9.17) is 0 Å². The van der Waals surface area contributed by atoms with E-state index in [-0.39, 0.29) is 5.56 Å². The van der Waals surface area contributed by atoms with Gasteiger partial charge in [0.15, 0.2) is 0 Å². The van der Waals surface area contributed by atoms with Crippen LogP contribution in [0.3, 0.4) is 0 Å². The van der Waals surface area contributed by atoms with E-state index in [2.05, 4.69) is 21.4 Å². The lowest BCUT2D eigenvalue weighted by atomic mass is 9.91. The highest BCUT2D eigenvalue weighted by Crippen LogP contribution is 2.28. The molecule has 118 valence electrons. The number of rotatable bonds is 3. The summed E-state index contributed by atoms with van der Waals surface area (Å²) in [4.78, 5) is 19.4. The van der Waals surface area contributed by atoms with Gasteiger partial charge in [-0.2, -0.15) is 0 Å². The Balaban J connectivity index is 1.56. The number of aromatic nitrogens is 3. The van der Waals surface area contributed by atoms with Crippen molar-refractivity contribution in [3.8, 4) is 0 Å². The first-order chi connectivity index (χ1) is 11.2. The van der Waals surface area contributed by atoms with Crippen LogP contribution in [-0.2, 0) is 20.0 Å². The molecule has 5 nitrogen and oxygen atoms in total. The number of pyridine rings is 2. The van der Waals surface area contributed by atoms with Crippen molar-refractivity contribution in [1.82, 2.24) is 19.9 Å². The van der Waals surface area contributed by atoms with Gasteiger partial charge in [-0.25, -0.2) is 0 Å². The van der Waals surface area contributed by atoms with Gasteiger partial charge in [-0.3, -0.25) is 9.78 Å². The van der Waals surface area contributed by atoms with Crippen LogP contribution in [0.5, 0.6) is 0 Å². The fraction of sp³-hybridized carbons (Fsp3) is 0.333. The summed E-state index contributed by atoms with van der Waals surface area (Å²) in [6.45, 7) is 0.779. The van der Waals surface area contributed by atoms with Gasteiger partial charge in [0.05, 0.1) is 0 Å². The average molecular weight is 308 g/mol. The molecule has 0 radical (unpaired) electrons. The van der Waals surface area contributed by atoms with Gasteiger partial charge in [0.25, 0.3) is 0 Å². The first-order valence-electron chi connectivity index (χ1n) is 8.06. The molecule has 1 aliphatic carbocycles. The molecule has 0 amide bonds. The molecule has 0 saturated carbocycles. The minimum Gasteiger partial charge on any atom is -0.357 e. The molecule has 2 N–H and O–H groups in total. The number of fused-ring (bicyclic) bond motifs is 2. The van der Waals surface area contributed by atoms with Crippen LogP contribution in [-0.4, -0.2) is 14.5 Å². The van der Waals surface area contributed by atoms with E-state index in [0.29, 0.717) is 6.04 Å². The predicted octanol–water partition coefficient (Wildman–Crippen LogP) is 2.43. The second kappa shape index (κ2) is 5.66. The maximum absolute atomic E-state index is 11.8. The van der Waals surface area contributed by atoms with E-state index in [1.165, 1.54) is 11.3 Å². The third-order valence-corrected chi connectivity index (χ3v) is 4.77. The number of nitrogens with one attached hydrogen (secondary N) is 2. The lowest BCUT2D eigenvalue weighted by molar-refractivity contribution is 0.443. The molecular formula is C18H20N4O. The Morgan fingerprint density at radius 1 is 1.39 bits per heavy atom. The summed E-state index contributed by atoms with van der Waals surface area (Å²) in [5.41, 5.74) is 4.78. The molecule has 5 heteroatoms. The maximum atomic E-state index is 11.8. The van der Waals surface area contributed by atoms with Crippen LogP contribution < -0.4 is 10.9 Å². The van der Waals surface area contributed by atoms with Crippen LogP contribution in [0.25, 0.3) is 10.9 Å². The van der Waals surface area contributed by atoms with Crippen LogP contribution in [0.4, 0.5) is 0 Å². The SMILES string of the molecule is Cn1c2c(ccc1=O)C(NCc1cc3cnccc3[nH]1)CCC2. The Kier molecular flexibility index (Phi) is 3.50. The molecule has 0 saturated heterocycles. The second-order valence-electron chi connectivity index (χ2n) is 6.22. The van der Waals surface area contributed by atoms with Crippen LogP contribution in [0.1, 0.15) is 35.8 Å². The summed E-state index contributed by atoms with van der Waals surface area (Å²) in [6, 6.07) is 8.09. The molecule has 0 spiro atoms. The standard InChI is InChI=1S/C18H20N4O/c1-22-17-4-2-3-16(14(17)5-6-18(22)23)20-11-13-9-12-10-19-8-7-15(12)21-13/h5-10,16,20-21H,2-4,11H2,1H3. The molecule has 0 bridgehead atoms. The van der Waals surface area contributed by atoms with Gasteiger partial charge < -0.3 is 14.9 Å². The second-order valence-corrected chi connectivity index (χ2v) is 6.22. The van der Waals surface area contributed by atoms with E-state index in [0.717, 1.165) is 42.4 Å². The van der Waals surface area contributed by atoms with Gasteiger partial charge in [0.2, 0.25) is 5.56 Å². The summed E-state index contributed by atoms with van der Waals surface area (Å²) < 4.78 is 1.79. The average Bonchev–Trinajstić information content (AvgIpc) is 2.99. The number of hydrogen-bond acceptors (Lipinski definition) is 3. The molecule has 4 rings (SSSR count). The van der Waals surface area contributed by atoms with Crippen molar-refractivity contribution in [1.29, 1.82) is 0 Å². The van der Waals surface area contributed by atoms with Gasteiger partial charge in [-0.1, -0.05) is 6.07 Å². The van der Waals surface area contributed by atoms with E-state index >= 15 is 0 Å². The monoisotopic (exact) mass is 308 g/mol. The highest BCUT2D eigenvalue weighted by Gasteiger charge is 2.21. The van der Waals surface area contributed by atoms with Gasteiger partial charge in [-0.15, -0.1) is 0 Å². The Hall–Kier alpha value is -2.40. The lowest BCUT2D eigenvalue weighted by Crippen LogP contribution is -2.30. The van der Waals surface area contributed by atoms with Crippen LogP contribution in [0.2, 0.25) is 0 Å². The number of hydrogen-bond donors (Lipinski definition) is 2. The first kappa shape index (κ1) is 14.2. The quantitative estimate of drug-likeness (QED) is 0.781. The Bertz CT molecular complexity index is 876. The highest BCUT2D eigenvalue weighted by atomic mass is 16.1. The predicted molar refractivity (Wildman–Crippen MR) is 90.3 cm³/mol. The fourth-order valence-corrected chi connectivity index (χ4v) is 3.53. The molecule has 1 atom stereocenters. The summed E-state index contributed by atoms with van der Waals surface area (Å²) >= 11 is 0.